The van der Waals surface area contributed by atoms with Crippen LogP contribution >= 0.6 is 11.3 Å². The Labute approximate surface area is 517 Å². The van der Waals surface area contributed by atoms with Crippen molar-refractivity contribution >= 4 is 124 Å². The van der Waals surface area contributed by atoms with E-state index in [9.17, 15) is 0 Å². The van der Waals surface area contributed by atoms with Gasteiger partial charge in [0, 0.05) is 64.5 Å². The number of thiophene rings is 1. The van der Waals surface area contributed by atoms with Crippen LogP contribution in [0.3, 0.4) is 0 Å². The van der Waals surface area contributed by atoms with Gasteiger partial charge in [0.25, 0.3) is 0 Å². The molecule has 0 fully saturated rings. The van der Waals surface area contributed by atoms with Crippen LogP contribution in [0.1, 0.15) is 0 Å². The fraction of sp³-hybridized carbons (Fsp3) is 0. The Morgan fingerprint density at radius 2 is 0.719 bits per heavy atom. The lowest BCUT2D eigenvalue weighted by Gasteiger charge is -2.27. The predicted octanol–water partition coefficient (Wildman–Crippen LogP) is 23.5. The highest BCUT2D eigenvalue weighted by Gasteiger charge is 2.25. The molecule has 3 heterocycles. The normalized spacial score (nSPS) is 11.8. The summed E-state index contributed by atoms with van der Waals surface area (Å²) in [7, 11) is 0. The first-order chi connectivity index (χ1) is 44.1. The molecule has 414 valence electrons. The molecule has 4 nitrogen and oxygen atoms in total. The van der Waals surface area contributed by atoms with Gasteiger partial charge in [0.15, 0.2) is 0 Å². The second-order valence-corrected chi connectivity index (χ2v) is 24.3. The Morgan fingerprint density at radius 3 is 1.39 bits per heavy atom. The Hall–Kier alpha value is -11.5. The van der Waals surface area contributed by atoms with Gasteiger partial charge in [-0.2, -0.15) is 0 Å². The van der Waals surface area contributed by atoms with Crippen molar-refractivity contribution in [2.24, 2.45) is 0 Å². The molecule has 0 N–H and O–H groups in total. The monoisotopic (exact) mass is 1150 g/mol. The highest BCUT2D eigenvalue weighted by atomic mass is 32.1. The average molecular weight is 1150 g/mol. The fourth-order valence-electron chi connectivity index (χ4n) is 14.0. The zero-order valence-electron chi connectivity index (χ0n) is 48.2. The molecule has 0 aliphatic rings. The summed E-state index contributed by atoms with van der Waals surface area (Å²) in [6.07, 6.45) is 0. The van der Waals surface area contributed by atoms with Crippen LogP contribution in [-0.2, 0) is 0 Å². The summed E-state index contributed by atoms with van der Waals surface area (Å²) in [6.45, 7) is 0. The third-order valence-electron chi connectivity index (χ3n) is 18.1. The van der Waals surface area contributed by atoms with E-state index in [4.69, 9.17) is 9.97 Å². The smallest absolute Gasteiger partial charge is 0.235 e. The molecule has 5 heteroatoms. The molecule has 0 aliphatic heterocycles. The van der Waals surface area contributed by atoms with E-state index in [1.807, 2.05) is 11.3 Å². The molecule has 18 rings (SSSR count). The molecule has 0 unspecified atom stereocenters. The summed E-state index contributed by atoms with van der Waals surface area (Å²) in [5.74, 6) is 0.616. The van der Waals surface area contributed by atoms with Crippen molar-refractivity contribution in [1.29, 1.82) is 0 Å². The average Bonchev–Trinajstić information content (AvgIpc) is 1.63. The van der Waals surface area contributed by atoms with Gasteiger partial charge >= 0.3 is 0 Å². The van der Waals surface area contributed by atoms with Crippen molar-refractivity contribution < 1.29 is 0 Å². The number of hydrogen-bond donors (Lipinski definition) is 0. The molecule has 0 radical (unpaired) electrons. The van der Waals surface area contributed by atoms with Crippen LogP contribution in [0.2, 0.25) is 0 Å². The molecule has 0 atom stereocenters. The van der Waals surface area contributed by atoms with Crippen LogP contribution < -0.4 is 4.90 Å². The highest BCUT2D eigenvalue weighted by Crippen LogP contribution is 2.50. The van der Waals surface area contributed by atoms with Crippen molar-refractivity contribution in [3.05, 3.63) is 315 Å². The molecule has 18 aromatic rings. The first-order valence-corrected chi connectivity index (χ1v) is 31.2. The van der Waals surface area contributed by atoms with Crippen LogP contribution in [0.25, 0.3) is 158 Å². The SMILES string of the molecule is c1ccc(-c2cccc(-c3cc(-c4ccccc4)nc(-n4c5ccc6c7ccc(N(c8cc(-c9ccccc9)cc(-c9ccccc9)c8)c8ccc9c(ccc%10ccccc%109)c8)cc7sc6c5c5c6c7ccccc7c7ccccc7c6ccc54)n3)c2)cc1. The Kier molecular flexibility index (Phi) is 11.8. The van der Waals surface area contributed by atoms with E-state index in [0.717, 1.165) is 72.9 Å². The van der Waals surface area contributed by atoms with Gasteiger partial charge in [0.2, 0.25) is 5.95 Å². The summed E-state index contributed by atoms with van der Waals surface area (Å²) in [4.78, 5) is 13.7. The standard InChI is InChI=1S/C84H52N4S/c1-5-20-53(21-6-1)58-29-19-30-60(46-58)76-52-75(57-27-11-4-12-28-57)85-84(86-76)88-77-44-42-73-70-34-16-15-32-68(70)69-33-17-18-35-72(69)80(73)81(77)82-78(88)45-43-74-71-41-39-64(51-79(71)89-83(74)82)87(63-38-40-67-59(48-63)37-36-56-26-13-14-31-66(56)67)65-49-61(54-22-7-2-8-23-54)47-62(50-65)55-24-9-3-10-25-55/h1-52H. The van der Waals surface area contributed by atoms with Crippen LogP contribution in [0.15, 0.2) is 315 Å². The minimum atomic E-state index is 0.616. The van der Waals surface area contributed by atoms with Gasteiger partial charge in [-0.3, -0.25) is 4.57 Å². The molecule has 0 spiro atoms. The van der Waals surface area contributed by atoms with Gasteiger partial charge < -0.3 is 4.90 Å². The minimum absolute atomic E-state index is 0.616. The van der Waals surface area contributed by atoms with Gasteiger partial charge in [0.05, 0.1) is 22.4 Å². The first kappa shape index (κ1) is 50.8. The maximum atomic E-state index is 5.64. The molecule has 89 heavy (non-hydrogen) atoms. The van der Waals surface area contributed by atoms with E-state index in [-0.39, 0.29) is 0 Å². The third kappa shape index (κ3) is 8.42. The lowest BCUT2D eigenvalue weighted by molar-refractivity contribution is 0.996. The summed E-state index contributed by atoms with van der Waals surface area (Å²) in [5.41, 5.74) is 16.0. The third-order valence-corrected chi connectivity index (χ3v) is 19.3. The maximum absolute atomic E-state index is 5.64. The molecule has 3 aromatic heterocycles. The molecular weight excluding hydrogens is 1100 g/mol. The van der Waals surface area contributed by atoms with Gasteiger partial charge in [-0.25, -0.2) is 9.97 Å². The van der Waals surface area contributed by atoms with Crippen molar-refractivity contribution in [2.45, 2.75) is 0 Å². The Balaban J connectivity index is 0.912. The van der Waals surface area contributed by atoms with E-state index in [0.29, 0.717) is 5.95 Å². The number of anilines is 3. The van der Waals surface area contributed by atoms with Crippen LogP contribution in [0, 0.1) is 0 Å². The number of aromatic nitrogens is 3. The van der Waals surface area contributed by atoms with Crippen molar-refractivity contribution in [3.8, 4) is 61.8 Å². The molecule has 0 amide bonds. The zero-order chi connectivity index (χ0) is 58.5. The van der Waals surface area contributed by atoms with Crippen LogP contribution in [0.5, 0.6) is 0 Å². The topological polar surface area (TPSA) is 34.0 Å². The summed E-state index contributed by atoms with van der Waals surface area (Å²) >= 11 is 1.88. The van der Waals surface area contributed by atoms with Crippen LogP contribution in [0.4, 0.5) is 17.1 Å². The quantitative estimate of drug-likeness (QED) is 0.135. The summed E-state index contributed by atoms with van der Waals surface area (Å²) < 4.78 is 4.76. The van der Waals surface area contributed by atoms with E-state index >= 15 is 0 Å². The van der Waals surface area contributed by atoms with Gasteiger partial charge in [-0.05, 0) is 149 Å². The molecular formula is C84H52N4S. The number of hydrogen-bond acceptors (Lipinski definition) is 4. The van der Waals surface area contributed by atoms with E-state index < -0.39 is 0 Å². The summed E-state index contributed by atoms with van der Waals surface area (Å²) in [5, 5.41) is 17.1. The van der Waals surface area contributed by atoms with Gasteiger partial charge in [-0.1, -0.05) is 249 Å². The van der Waals surface area contributed by atoms with Crippen molar-refractivity contribution in [1.82, 2.24) is 14.5 Å². The van der Waals surface area contributed by atoms with Gasteiger partial charge in [-0.15, -0.1) is 11.3 Å². The molecule has 0 saturated carbocycles. The van der Waals surface area contributed by atoms with E-state index in [1.165, 1.54) is 95.9 Å². The number of rotatable bonds is 9. The minimum Gasteiger partial charge on any atom is -0.310 e. The Morgan fingerprint density at radius 1 is 0.258 bits per heavy atom. The number of fused-ring (bicyclic) bond motifs is 17. The molecule has 0 bridgehead atoms. The highest BCUT2D eigenvalue weighted by molar-refractivity contribution is 7.26. The molecule has 0 saturated heterocycles. The van der Waals surface area contributed by atoms with Crippen LogP contribution in [-0.4, -0.2) is 14.5 Å². The number of benzene rings is 15. The Bertz CT molecular complexity index is 5760. The van der Waals surface area contributed by atoms with Gasteiger partial charge in [0.1, 0.15) is 0 Å². The van der Waals surface area contributed by atoms with E-state index in [2.05, 4.69) is 325 Å². The van der Waals surface area contributed by atoms with E-state index in [1.54, 1.807) is 0 Å². The predicted molar refractivity (Wildman–Crippen MR) is 379 cm³/mol. The van der Waals surface area contributed by atoms with Crippen molar-refractivity contribution in [2.75, 3.05) is 4.90 Å². The molecule has 0 aliphatic carbocycles. The number of nitrogens with zero attached hydrogens (tertiary/aromatic N) is 4. The maximum Gasteiger partial charge on any atom is 0.235 e. The first-order valence-electron chi connectivity index (χ1n) is 30.4. The molecule has 15 aromatic carbocycles. The second kappa shape index (κ2) is 20.6. The lowest BCUT2D eigenvalue weighted by Crippen LogP contribution is -2.10. The largest absolute Gasteiger partial charge is 0.310 e. The zero-order valence-corrected chi connectivity index (χ0v) is 49.0. The second-order valence-electron chi connectivity index (χ2n) is 23.2. The summed E-state index contributed by atoms with van der Waals surface area (Å²) in [6, 6.07) is 115. The lowest BCUT2D eigenvalue weighted by atomic mass is 9.91. The van der Waals surface area contributed by atoms with Crippen molar-refractivity contribution in [3.63, 3.8) is 0 Å². The fourth-order valence-corrected chi connectivity index (χ4v) is 15.3.